The molecule has 94 valence electrons. The van der Waals surface area contributed by atoms with Crippen molar-refractivity contribution in [3.05, 3.63) is 0 Å². The van der Waals surface area contributed by atoms with Crippen LogP contribution in [0, 0.1) is 17.8 Å². The smallest absolute Gasteiger partial charge is 0.0973 e. The van der Waals surface area contributed by atoms with Gasteiger partial charge in [0.25, 0.3) is 0 Å². The molecule has 4 saturated carbocycles. The van der Waals surface area contributed by atoms with E-state index in [0.29, 0.717) is 11.1 Å². The fourth-order valence-corrected chi connectivity index (χ4v) is 5.27. The first-order valence-electron chi connectivity index (χ1n) is 6.81. The van der Waals surface area contributed by atoms with Crippen molar-refractivity contribution < 1.29 is 17.7 Å². The van der Waals surface area contributed by atoms with Gasteiger partial charge in [0.2, 0.25) is 0 Å². The zero-order valence-corrected chi connectivity index (χ0v) is 11.7. The molecule has 4 aliphatic rings. The Morgan fingerprint density at radius 3 is 1.56 bits per heavy atom. The van der Waals surface area contributed by atoms with Crippen LogP contribution in [0.15, 0.2) is 0 Å². The maximum Gasteiger partial charge on any atom is 0.0973 e. The van der Waals surface area contributed by atoms with Gasteiger partial charge in [-0.3, -0.25) is 0 Å². The van der Waals surface area contributed by atoms with Crippen LogP contribution in [-0.4, -0.2) is 11.1 Å². The third-order valence-electron chi connectivity index (χ3n) is 4.82. The number of quaternary nitrogens is 1. The molecule has 0 atom stereocenters. The summed E-state index contributed by atoms with van der Waals surface area (Å²) in [5.41, 5.74) is 1.08. The summed E-state index contributed by atoms with van der Waals surface area (Å²) in [5, 5.41) is 2.73. The summed E-state index contributed by atoms with van der Waals surface area (Å²) in [6.45, 7) is 7.14. The SMILES string of the molecule is CC(C)(C)[NH2+]C12CC3CC(CC(C3)C1)C2.[Cl-]. The summed E-state index contributed by atoms with van der Waals surface area (Å²) in [6, 6.07) is 0. The molecule has 0 aromatic rings. The standard InChI is InChI=1S/C14H25N.ClH/c1-13(2,3)15-14-7-10-4-11(8-14)6-12(5-10)9-14;/h10-12,15H,4-9H2,1-3H3;1H. The zero-order valence-electron chi connectivity index (χ0n) is 10.9. The summed E-state index contributed by atoms with van der Waals surface area (Å²) in [4.78, 5) is 0. The van der Waals surface area contributed by atoms with Gasteiger partial charge in [0.05, 0.1) is 11.1 Å². The van der Waals surface area contributed by atoms with Crippen molar-refractivity contribution in [1.82, 2.24) is 0 Å². The van der Waals surface area contributed by atoms with Crippen LogP contribution in [0.3, 0.4) is 0 Å². The Kier molecular flexibility index (Phi) is 3.08. The largest absolute Gasteiger partial charge is 1.00 e. The van der Waals surface area contributed by atoms with Gasteiger partial charge in [-0.15, -0.1) is 0 Å². The predicted octanol–water partition coefficient (Wildman–Crippen LogP) is -0.679. The van der Waals surface area contributed by atoms with E-state index in [-0.39, 0.29) is 12.4 Å². The zero-order chi connectivity index (χ0) is 10.7. The van der Waals surface area contributed by atoms with E-state index in [2.05, 4.69) is 26.1 Å². The molecule has 4 rings (SSSR count). The summed E-state index contributed by atoms with van der Waals surface area (Å²) < 4.78 is 0. The quantitative estimate of drug-likeness (QED) is 0.629. The number of hydrogen-bond acceptors (Lipinski definition) is 0. The lowest BCUT2D eigenvalue weighted by molar-refractivity contribution is -0.790. The molecule has 0 spiro atoms. The van der Waals surface area contributed by atoms with Gasteiger partial charge in [0.1, 0.15) is 0 Å². The van der Waals surface area contributed by atoms with E-state index in [1.54, 1.807) is 19.3 Å². The van der Waals surface area contributed by atoms with Gasteiger partial charge < -0.3 is 17.7 Å². The van der Waals surface area contributed by atoms with E-state index in [9.17, 15) is 0 Å². The normalized spacial score (nSPS) is 45.6. The molecule has 0 aromatic heterocycles. The molecule has 4 aliphatic carbocycles. The first kappa shape index (κ1) is 12.7. The van der Waals surface area contributed by atoms with Gasteiger partial charge >= 0.3 is 0 Å². The monoisotopic (exact) mass is 243 g/mol. The molecular formula is C14H26ClN. The van der Waals surface area contributed by atoms with Crippen molar-refractivity contribution in [2.75, 3.05) is 0 Å². The highest BCUT2D eigenvalue weighted by molar-refractivity contribution is 5.01. The van der Waals surface area contributed by atoms with Crippen LogP contribution in [0.1, 0.15) is 59.3 Å². The number of nitrogens with two attached hydrogens (primary N) is 1. The lowest BCUT2D eigenvalue weighted by Crippen LogP contribution is -3.05. The maximum atomic E-state index is 2.73. The number of hydrogen-bond donors (Lipinski definition) is 1. The van der Waals surface area contributed by atoms with Crippen LogP contribution in [0.5, 0.6) is 0 Å². The highest BCUT2D eigenvalue weighted by Gasteiger charge is 2.54. The molecule has 4 fully saturated rings. The molecule has 0 radical (unpaired) electrons. The second kappa shape index (κ2) is 3.88. The fourth-order valence-electron chi connectivity index (χ4n) is 5.27. The Hall–Kier alpha value is 0.250. The van der Waals surface area contributed by atoms with Crippen LogP contribution >= 0.6 is 0 Å². The van der Waals surface area contributed by atoms with Crippen molar-refractivity contribution in [1.29, 1.82) is 0 Å². The minimum absolute atomic E-state index is 0. The maximum absolute atomic E-state index is 2.73. The van der Waals surface area contributed by atoms with Gasteiger partial charge in [-0.1, -0.05) is 0 Å². The lowest BCUT2D eigenvalue weighted by Gasteiger charge is -2.56. The van der Waals surface area contributed by atoms with E-state index < -0.39 is 0 Å². The fraction of sp³-hybridized carbons (Fsp3) is 1.00. The Morgan fingerprint density at radius 2 is 1.25 bits per heavy atom. The molecule has 0 heterocycles. The molecule has 2 heteroatoms. The molecule has 16 heavy (non-hydrogen) atoms. The van der Waals surface area contributed by atoms with Gasteiger partial charge in [-0.2, -0.15) is 0 Å². The first-order valence-corrected chi connectivity index (χ1v) is 6.81. The van der Waals surface area contributed by atoms with Crippen molar-refractivity contribution in [2.24, 2.45) is 17.8 Å². The van der Waals surface area contributed by atoms with E-state index in [1.165, 1.54) is 19.3 Å². The van der Waals surface area contributed by atoms with Crippen molar-refractivity contribution in [3.63, 3.8) is 0 Å². The van der Waals surface area contributed by atoms with E-state index in [0.717, 1.165) is 17.8 Å². The average Bonchev–Trinajstić information content (AvgIpc) is 1.94. The van der Waals surface area contributed by atoms with Gasteiger partial charge in [0.15, 0.2) is 0 Å². The van der Waals surface area contributed by atoms with Crippen molar-refractivity contribution >= 4 is 0 Å². The molecule has 0 aliphatic heterocycles. The molecule has 4 bridgehead atoms. The molecule has 0 saturated heterocycles. The van der Waals surface area contributed by atoms with Crippen LogP contribution < -0.4 is 17.7 Å². The summed E-state index contributed by atoms with van der Waals surface area (Å²) >= 11 is 0. The minimum atomic E-state index is 0. The second-order valence-electron chi connectivity index (χ2n) is 7.79. The molecule has 0 aromatic carbocycles. The van der Waals surface area contributed by atoms with Gasteiger partial charge in [-0.25, -0.2) is 0 Å². The summed E-state index contributed by atoms with van der Waals surface area (Å²) in [5.74, 6) is 3.28. The molecule has 0 unspecified atom stereocenters. The minimum Gasteiger partial charge on any atom is -1.00 e. The highest BCUT2D eigenvalue weighted by atomic mass is 35.5. The third-order valence-corrected chi connectivity index (χ3v) is 4.82. The van der Waals surface area contributed by atoms with Crippen LogP contribution in [-0.2, 0) is 0 Å². The molecule has 0 amide bonds. The Balaban J connectivity index is 0.000000963. The van der Waals surface area contributed by atoms with Crippen molar-refractivity contribution in [2.45, 2.75) is 70.4 Å². The van der Waals surface area contributed by atoms with E-state index >= 15 is 0 Å². The number of halogens is 1. The van der Waals surface area contributed by atoms with E-state index in [1.807, 2.05) is 0 Å². The Labute approximate surface area is 106 Å². The Bertz CT molecular complexity index is 231. The van der Waals surface area contributed by atoms with Gasteiger partial charge in [-0.05, 0) is 57.8 Å². The summed E-state index contributed by atoms with van der Waals surface area (Å²) in [6.07, 6.45) is 9.27. The molecule has 2 N–H and O–H groups in total. The second-order valence-corrected chi connectivity index (χ2v) is 7.79. The van der Waals surface area contributed by atoms with Crippen molar-refractivity contribution in [3.8, 4) is 0 Å². The third kappa shape index (κ3) is 2.26. The van der Waals surface area contributed by atoms with Crippen LogP contribution in [0.4, 0.5) is 0 Å². The topological polar surface area (TPSA) is 16.6 Å². The van der Waals surface area contributed by atoms with Gasteiger partial charge in [0, 0.05) is 19.3 Å². The summed E-state index contributed by atoms with van der Waals surface area (Å²) in [7, 11) is 0. The average molecular weight is 244 g/mol. The molecular weight excluding hydrogens is 218 g/mol. The number of rotatable bonds is 1. The van der Waals surface area contributed by atoms with E-state index in [4.69, 9.17) is 0 Å². The predicted molar refractivity (Wildman–Crippen MR) is 62.6 cm³/mol. The van der Waals surface area contributed by atoms with Crippen LogP contribution in [0.2, 0.25) is 0 Å². The van der Waals surface area contributed by atoms with Crippen LogP contribution in [0.25, 0.3) is 0 Å². The lowest BCUT2D eigenvalue weighted by atomic mass is 9.52. The Morgan fingerprint density at radius 1 is 0.875 bits per heavy atom. The molecule has 1 nitrogen and oxygen atoms in total. The highest BCUT2D eigenvalue weighted by Crippen LogP contribution is 2.54. The first-order chi connectivity index (χ1) is 6.94.